The highest BCUT2D eigenvalue weighted by Crippen LogP contribution is 2.56. The number of carbonyl (C=O) groups excluding carboxylic acids is 4. The zero-order valence-corrected chi connectivity index (χ0v) is 19.3. The summed E-state index contributed by atoms with van der Waals surface area (Å²) >= 11 is 3.44. The Morgan fingerprint density at radius 3 is 2.59 bits per heavy atom. The number of rotatable bonds is 2. The number of carbonyl (C=O) groups is 4. The molecule has 1 N–H and O–H groups in total. The molecule has 0 bridgehead atoms. The number of hydrogen-bond donors (Lipinski definition) is 1. The number of amides is 2. The number of phenolic OH excluding ortho intramolecular Hbond substituents is 1. The van der Waals surface area contributed by atoms with Gasteiger partial charge in [0.25, 0.3) is 0 Å². The summed E-state index contributed by atoms with van der Waals surface area (Å²) in [6.07, 6.45) is 3.97. The quantitative estimate of drug-likeness (QED) is 0.384. The third-order valence-corrected chi connectivity index (χ3v) is 7.76. The Kier molecular flexibility index (Phi) is 4.85. The highest BCUT2D eigenvalue weighted by molar-refractivity contribution is 9.10. The summed E-state index contributed by atoms with van der Waals surface area (Å²) in [4.78, 5) is 53.6. The number of fused-ring (bicyclic) bond motifs is 3. The van der Waals surface area contributed by atoms with Crippen LogP contribution in [0.5, 0.6) is 5.75 Å². The van der Waals surface area contributed by atoms with Crippen LogP contribution < -0.4 is 0 Å². The lowest BCUT2D eigenvalue weighted by Gasteiger charge is -2.42. The fourth-order valence-corrected chi connectivity index (χ4v) is 6.25. The monoisotopic (exact) mass is 495 g/mol. The summed E-state index contributed by atoms with van der Waals surface area (Å²) in [5.74, 6) is -2.81. The topological polar surface area (TPSA) is 91.8 Å². The minimum atomic E-state index is -0.637. The summed E-state index contributed by atoms with van der Waals surface area (Å²) in [7, 11) is 0. The van der Waals surface area contributed by atoms with E-state index in [-0.39, 0.29) is 41.5 Å². The molecule has 2 amide bonds. The third kappa shape index (κ3) is 2.83. The van der Waals surface area contributed by atoms with E-state index in [1.807, 2.05) is 6.08 Å². The molecule has 4 aliphatic rings. The molecule has 4 atom stereocenters. The van der Waals surface area contributed by atoms with E-state index in [1.54, 1.807) is 32.0 Å². The largest absolute Gasteiger partial charge is 0.508 e. The van der Waals surface area contributed by atoms with Crippen molar-refractivity contribution in [2.24, 2.45) is 17.8 Å². The van der Waals surface area contributed by atoms with Gasteiger partial charge in [-0.05, 0) is 56.9 Å². The van der Waals surface area contributed by atoms with Crippen molar-refractivity contribution in [1.29, 1.82) is 0 Å². The van der Waals surface area contributed by atoms with E-state index < -0.39 is 17.8 Å². The Bertz CT molecular complexity index is 1210. The first kappa shape index (κ1) is 21.1. The number of Topliss-reactive ketones (excluding diaryl/α,β-unsaturated/α-hetero) is 1. The SMILES string of the molecule is CCN1C(=O)[C@H]2[C@H](CC=C3[C@H](c4cc(Br)ccc4O)C4=C(C[C@H]32)C(=O)C(C)=CC4=O)C1=O. The maximum Gasteiger partial charge on any atom is 0.233 e. The molecule has 1 aromatic rings. The lowest BCUT2D eigenvalue weighted by atomic mass is 9.59. The molecule has 164 valence electrons. The summed E-state index contributed by atoms with van der Waals surface area (Å²) in [6, 6.07) is 5.01. The van der Waals surface area contributed by atoms with Crippen LogP contribution in [0, 0.1) is 17.8 Å². The summed E-state index contributed by atoms with van der Waals surface area (Å²) < 4.78 is 0.731. The van der Waals surface area contributed by atoms with Crippen LogP contribution >= 0.6 is 15.9 Å². The molecule has 32 heavy (non-hydrogen) atoms. The van der Waals surface area contributed by atoms with Crippen molar-refractivity contribution in [2.75, 3.05) is 6.54 Å². The van der Waals surface area contributed by atoms with E-state index in [4.69, 9.17) is 0 Å². The van der Waals surface area contributed by atoms with Gasteiger partial charge in [-0.25, -0.2) is 0 Å². The van der Waals surface area contributed by atoms with Gasteiger partial charge in [-0.1, -0.05) is 27.6 Å². The second-order valence-electron chi connectivity index (χ2n) is 8.85. The first-order valence-corrected chi connectivity index (χ1v) is 11.6. The van der Waals surface area contributed by atoms with Crippen molar-refractivity contribution in [3.05, 3.63) is 62.7 Å². The minimum absolute atomic E-state index is 0.0178. The maximum atomic E-state index is 13.2. The van der Waals surface area contributed by atoms with Gasteiger partial charge in [-0.2, -0.15) is 0 Å². The van der Waals surface area contributed by atoms with Gasteiger partial charge in [0, 0.05) is 39.2 Å². The number of likely N-dealkylation sites (tertiary alicyclic amines) is 1. The summed E-state index contributed by atoms with van der Waals surface area (Å²) in [5, 5.41) is 10.7. The third-order valence-electron chi connectivity index (χ3n) is 7.27. The molecule has 0 saturated carbocycles. The highest BCUT2D eigenvalue weighted by Gasteiger charge is 2.56. The molecule has 5 rings (SSSR count). The van der Waals surface area contributed by atoms with Crippen LogP contribution in [-0.4, -0.2) is 39.9 Å². The number of imide groups is 1. The van der Waals surface area contributed by atoms with Gasteiger partial charge in [0.1, 0.15) is 5.75 Å². The smallest absolute Gasteiger partial charge is 0.233 e. The van der Waals surface area contributed by atoms with Gasteiger partial charge >= 0.3 is 0 Å². The van der Waals surface area contributed by atoms with Crippen LogP contribution in [0.15, 0.2) is 57.1 Å². The van der Waals surface area contributed by atoms with E-state index in [0.29, 0.717) is 35.2 Å². The Morgan fingerprint density at radius 1 is 1.12 bits per heavy atom. The average Bonchev–Trinajstić information content (AvgIpc) is 3.02. The predicted molar refractivity (Wildman–Crippen MR) is 120 cm³/mol. The normalized spacial score (nSPS) is 29.5. The average molecular weight is 496 g/mol. The fourth-order valence-electron chi connectivity index (χ4n) is 5.87. The van der Waals surface area contributed by atoms with Crippen LogP contribution in [0.4, 0.5) is 0 Å². The molecular weight excluding hydrogens is 474 g/mol. The van der Waals surface area contributed by atoms with E-state index in [0.717, 1.165) is 10.0 Å². The van der Waals surface area contributed by atoms with Gasteiger partial charge in [0.2, 0.25) is 11.8 Å². The molecule has 1 aliphatic heterocycles. The van der Waals surface area contributed by atoms with Crippen LogP contribution in [-0.2, 0) is 19.2 Å². The number of nitrogens with zero attached hydrogens (tertiary/aromatic N) is 1. The molecule has 1 heterocycles. The van der Waals surface area contributed by atoms with E-state index >= 15 is 0 Å². The van der Waals surface area contributed by atoms with Crippen LogP contribution in [0.25, 0.3) is 0 Å². The molecule has 1 aromatic carbocycles. The first-order valence-electron chi connectivity index (χ1n) is 10.8. The number of phenols is 1. The number of aromatic hydroxyl groups is 1. The van der Waals surface area contributed by atoms with Crippen molar-refractivity contribution >= 4 is 39.3 Å². The van der Waals surface area contributed by atoms with E-state index in [2.05, 4.69) is 15.9 Å². The molecule has 0 spiro atoms. The van der Waals surface area contributed by atoms with Gasteiger partial charge in [0.15, 0.2) is 11.6 Å². The number of halogens is 1. The van der Waals surface area contributed by atoms with E-state index in [9.17, 15) is 24.3 Å². The van der Waals surface area contributed by atoms with Gasteiger partial charge < -0.3 is 5.11 Å². The van der Waals surface area contributed by atoms with Crippen LogP contribution in [0.1, 0.15) is 38.2 Å². The molecule has 1 fully saturated rings. The molecule has 0 radical (unpaired) electrons. The molecule has 3 aliphatic carbocycles. The highest BCUT2D eigenvalue weighted by atomic mass is 79.9. The Morgan fingerprint density at radius 2 is 1.88 bits per heavy atom. The van der Waals surface area contributed by atoms with Crippen molar-refractivity contribution < 1.29 is 24.3 Å². The fraction of sp³-hybridized carbons (Fsp3) is 0.360. The summed E-state index contributed by atoms with van der Waals surface area (Å²) in [6.45, 7) is 3.71. The van der Waals surface area contributed by atoms with Crippen molar-refractivity contribution in [1.82, 2.24) is 4.90 Å². The molecule has 7 heteroatoms. The number of ketones is 2. The molecule has 6 nitrogen and oxygen atoms in total. The minimum Gasteiger partial charge on any atom is -0.508 e. The maximum absolute atomic E-state index is 13.2. The Hall–Kier alpha value is -2.80. The van der Waals surface area contributed by atoms with Crippen LogP contribution in [0.3, 0.4) is 0 Å². The molecule has 0 aromatic heterocycles. The second-order valence-corrected chi connectivity index (χ2v) is 9.77. The van der Waals surface area contributed by atoms with Gasteiger partial charge in [-0.3, -0.25) is 24.1 Å². The standard InChI is InChI=1S/C25H22BrNO5/c1-3-27-24(31)14-6-5-13-15(21(14)25(27)32)10-17-22(19(29)8-11(2)23(17)30)20(13)16-9-12(26)4-7-18(16)28/h4-5,7-9,14-15,20-21,28H,3,6,10H2,1-2H3/t14-,15+,20+,21-/m0/s1. The summed E-state index contributed by atoms with van der Waals surface area (Å²) in [5.41, 5.74) is 2.50. The van der Waals surface area contributed by atoms with Crippen molar-refractivity contribution in [2.45, 2.75) is 32.6 Å². The van der Waals surface area contributed by atoms with Crippen molar-refractivity contribution in [3.8, 4) is 5.75 Å². The first-order chi connectivity index (χ1) is 15.2. The van der Waals surface area contributed by atoms with Crippen molar-refractivity contribution in [3.63, 3.8) is 0 Å². The Balaban J connectivity index is 1.73. The molecule has 0 unspecified atom stereocenters. The number of hydrogen-bond acceptors (Lipinski definition) is 5. The number of allylic oxidation sites excluding steroid dienone is 6. The molecular formula is C25H22BrNO5. The second kappa shape index (κ2) is 7.37. The predicted octanol–water partition coefficient (Wildman–Crippen LogP) is 3.60. The zero-order chi connectivity index (χ0) is 22.9. The lowest BCUT2D eigenvalue weighted by molar-refractivity contribution is -0.139. The van der Waals surface area contributed by atoms with Gasteiger partial charge in [0.05, 0.1) is 11.8 Å². The van der Waals surface area contributed by atoms with Gasteiger partial charge in [-0.15, -0.1) is 0 Å². The van der Waals surface area contributed by atoms with Crippen LogP contribution in [0.2, 0.25) is 0 Å². The zero-order valence-electron chi connectivity index (χ0n) is 17.7. The lowest BCUT2D eigenvalue weighted by Crippen LogP contribution is -2.39. The molecule has 1 saturated heterocycles. The van der Waals surface area contributed by atoms with E-state index in [1.165, 1.54) is 11.0 Å². The Labute approximate surface area is 193 Å². The number of benzene rings is 1.